The fourth-order valence-electron chi connectivity index (χ4n) is 3.86. The number of rotatable bonds is 3. The van der Waals surface area contributed by atoms with Crippen LogP contribution in [-0.2, 0) is 0 Å². The number of amides is 1. The lowest BCUT2D eigenvalue weighted by molar-refractivity contribution is 0.0717. The fourth-order valence-corrected chi connectivity index (χ4v) is 4.07. The molecule has 0 aliphatic carbocycles. The second kappa shape index (κ2) is 7.33. The Morgan fingerprint density at radius 2 is 2.00 bits per heavy atom. The van der Waals surface area contributed by atoms with Crippen LogP contribution in [0.2, 0.25) is 5.02 Å². The average Bonchev–Trinajstić information content (AvgIpc) is 3.40. The van der Waals surface area contributed by atoms with Crippen molar-refractivity contribution in [1.29, 1.82) is 0 Å². The number of nitrogens with zero attached hydrogens (tertiary/aromatic N) is 3. The minimum Gasteiger partial charge on any atom is -0.438 e. The summed E-state index contributed by atoms with van der Waals surface area (Å²) in [5, 5.41) is 0.460. The van der Waals surface area contributed by atoms with Gasteiger partial charge in [-0.1, -0.05) is 35.9 Å². The second-order valence-electron chi connectivity index (χ2n) is 7.11. The minimum atomic E-state index is -0.187. The molecule has 0 N–H and O–H groups in total. The molecule has 2 aromatic heterocycles. The van der Waals surface area contributed by atoms with Crippen LogP contribution in [0, 0.1) is 0 Å². The molecule has 144 valence electrons. The van der Waals surface area contributed by atoms with Crippen LogP contribution < -0.4 is 0 Å². The highest BCUT2D eigenvalue weighted by atomic mass is 35.5. The van der Waals surface area contributed by atoms with Crippen molar-refractivity contribution in [2.45, 2.75) is 18.9 Å². The molecule has 0 saturated carbocycles. The van der Waals surface area contributed by atoms with Gasteiger partial charge in [0.1, 0.15) is 11.6 Å². The van der Waals surface area contributed by atoms with Gasteiger partial charge in [0.25, 0.3) is 5.91 Å². The smallest absolute Gasteiger partial charge is 0.256 e. The van der Waals surface area contributed by atoms with E-state index in [4.69, 9.17) is 21.0 Å². The number of carbonyl (C=O) groups excluding carboxylic acids is 1. The summed E-state index contributed by atoms with van der Waals surface area (Å²) in [4.78, 5) is 23.8. The number of halogens is 1. The van der Waals surface area contributed by atoms with Crippen LogP contribution in [0.4, 0.5) is 0 Å². The van der Waals surface area contributed by atoms with E-state index in [1.165, 1.54) is 0 Å². The first-order chi connectivity index (χ1) is 14.2. The maximum Gasteiger partial charge on any atom is 0.256 e. The molecule has 1 aliphatic heterocycles. The predicted molar refractivity (Wildman–Crippen MR) is 112 cm³/mol. The normalized spacial score (nSPS) is 16.4. The molecule has 1 atom stereocenters. The summed E-state index contributed by atoms with van der Waals surface area (Å²) < 4.78 is 6.04. The Balaban J connectivity index is 1.48. The second-order valence-corrected chi connectivity index (χ2v) is 7.52. The summed E-state index contributed by atoms with van der Waals surface area (Å²) in [6, 6.07) is 16.8. The van der Waals surface area contributed by atoms with Crippen molar-refractivity contribution in [2.75, 3.05) is 6.54 Å². The van der Waals surface area contributed by atoms with Gasteiger partial charge in [-0.25, -0.2) is 4.98 Å². The molecule has 3 heterocycles. The van der Waals surface area contributed by atoms with Crippen LogP contribution >= 0.6 is 11.6 Å². The third-order valence-electron chi connectivity index (χ3n) is 5.30. The van der Waals surface area contributed by atoms with E-state index in [1.807, 2.05) is 53.6 Å². The van der Waals surface area contributed by atoms with E-state index < -0.39 is 0 Å². The van der Waals surface area contributed by atoms with Gasteiger partial charge in [-0.15, -0.1) is 0 Å². The zero-order valence-corrected chi connectivity index (χ0v) is 16.3. The Labute approximate surface area is 173 Å². The number of likely N-dealkylation sites (tertiary alicyclic amines) is 1. The molecule has 1 fully saturated rings. The number of hydrogen-bond donors (Lipinski definition) is 0. The van der Waals surface area contributed by atoms with Crippen LogP contribution in [0.25, 0.3) is 22.2 Å². The monoisotopic (exact) mass is 403 g/mol. The molecule has 1 aliphatic rings. The van der Waals surface area contributed by atoms with Gasteiger partial charge < -0.3 is 9.32 Å². The van der Waals surface area contributed by atoms with Crippen LogP contribution in [0.1, 0.15) is 35.1 Å². The van der Waals surface area contributed by atoms with Gasteiger partial charge in [0.2, 0.25) is 5.89 Å². The molecule has 0 spiro atoms. The zero-order valence-electron chi connectivity index (χ0n) is 15.6. The van der Waals surface area contributed by atoms with E-state index in [0.717, 1.165) is 29.5 Å². The molecule has 5 rings (SSSR count). The molecular weight excluding hydrogens is 386 g/mol. The summed E-state index contributed by atoms with van der Waals surface area (Å²) in [7, 11) is 0. The molecule has 1 unspecified atom stereocenters. The standard InChI is InChI=1S/C23H18ClN3O2/c24-18-7-2-1-6-17(18)23(28)27-12-4-8-20(27)22-26-19-13-15(9-10-21(19)29-22)16-5-3-11-25-14-16/h1-3,5-7,9-11,13-14,20H,4,8,12H2. The Hall–Kier alpha value is -3.18. The zero-order chi connectivity index (χ0) is 19.8. The number of oxazole rings is 1. The predicted octanol–water partition coefficient (Wildman–Crippen LogP) is 5.52. The van der Waals surface area contributed by atoms with Crippen molar-refractivity contribution >= 4 is 28.6 Å². The van der Waals surface area contributed by atoms with Gasteiger partial charge in [-0.2, -0.15) is 0 Å². The van der Waals surface area contributed by atoms with Crippen molar-refractivity contribution in [3.63, 3.8) is 0 Å². The summed E-state index contributed by atoms with van der Waals surface area (Å²) in [5.74, 6) is 0.484. The molecule has 0 radical (unpaired) electrons. The number of carbonyl (C=O) groups is 1. The Morgan fingerprint density at radius 3 is 2.83 bits per heavy atom. The lowest BCUT2D eigenvalue weighted by Crippen LogP contribution is -2.30. The van der Waals surface area contributed by atoms with Crippen LogP contribution in [0.15, 0.2) is 71.4 Å². The molecule has 1 saturated heterocycles. The number of hydrogen-bond acceptors (Lipinski definition) is 4. The number of aromatic nitrogens is 2. The SMILES string of the molecule is O=C(c1ccccc1Cl)N1CCCC1c1nc2cc(-c3cccnc3)ccc2o1. The maximum absolute atomic E-state index is 13.1. The highest BCUT2D eigenvalue weighted by Gasteiger charge is 2.34. The molecule has 2 aromatic carbocycles. The highest BCUT2D eigenvalue weighted by molar-refractivity contribution is 6.33. The van der Waals surface area contributed by atoms with E-state index in [0.29, 0.717) is 28.6 Å². The van der Waals surface area contributed by atoms with Gasteiger partial charge in [0, 0.05) is 24.5 Å². The first kappa shape index (κ1) is 17.9. The number of benzene rings is 2. The fraction of sp³-hybridized carbons (Fsp3) is 0.174. The van der Waals surface area contributed by atoms with Gasteiger partial charge in [-0.05, 0) is 48.7 Å². The molecule has 0 bridgehead atoms. The van der Waals surface area contributed by atoms with E-state index >= 15 is 0 Å². The number of pyridine rings is 1. The van der Waals surface area contributed by atoms with Crippen molar-refractivity contribution in [3.05, 3.63) is 83.5 Å². The third-order valence-corrected chi connectivity index (χ3v) is 5.63. The number of fused-ring (bicyclic) bond motifs is 1. The first-order valence-corrected chi connectivity index (χ1v) is 9.95. The van der Waals surface area contributed by atoms with Crippen molar-refractivity contribution in [3.8, 4) is 11.1 Å². The van der Waals surface area contributed by atoms with Crippen molar-refractivity contribution in [1.82, 2.24) is 14.9 Å². The highest BCUT2D eigenvalue weighted by Crippen LogP contribution is 2.35. The van der Waals surface area contributed by atoms with E-state index in [-0.39, 0.29) is 11.9 Å². The quantitative estimate of drug-likeness (QED) is 0.452. The Bertz CT molecular complexity index is 1190. The first-order valence-electron chi connectivity index (χ1n) is 9.57. The van der Waals surface area contributed by atoms with E-state index in [9.17, 15) is 4.79 Å². The van der Waals surface area contributed by atoms with E-state index in [2.05, 4.69) is 4.98 Å². The third kappa shape index (κ3) is 3.28. The molecule has 6 heteroatoms. The molecule has 1 amide bonds. The summed E-state index contributed by atoms with van der Waals surface area (Å²) in [6.45, 7) is 0.661. The minimum absolute atomic E-state index is 0.0867. The maximum atomic E-state index is 13.1. The molecule has 5 nitrogen and oxygen atoms in total. The Morgan fingerprint density at radius 1 is 1.10 bits per heavy atom. The summed E-state index contributed by atoms with van der Waals surface area (Å²) in [6.07, 6.45) is 5.29. The molecule has 4 aromatic rings. The van der Waals surface area contributed by atoms with Gasteiger partial charge in [0.15, 0.2) is 5.58 Å². The van der Waals surface area contributed by atoms with Crippen LogP contribution in [-0.4, -0.2) is 27.3 Å². The Kier molecular flexibility index (Phi) is 4.52. The lowest BCUT2D eigenvalue weighted by Gasteiger charge is -2.22. The molecular formula is C23H18ClN3O2. The van der Waals surface area contributed by atoms with Crippen LogP contribution in [0.3, 0.4) is 0 Å². The van der Waals surface area contributed by atoms with Gasteiger partial charge in [0.05, 0.1) is 10.6 Å². The molecule has 29 heavy (non-hydrogen) atoms. The topological polar surface area (TPSA) is 59.2 Å². The van der Waals surface area contributed by atoms with Crippen molar-refractivity contribution < 1.29 is 9.21 Å². The summed E-state index contributed by atoms with van der Waals surface area (Å²) >= 11 is 6.24. The van der Waals surface area contributed by atoms with Crippen molar-refractivity contribution in [2.24, 2.45) is 0 Å². The van der Waals surface area contributed by atoms with Gasteiger partial charge in [-0.3, -0.25) is 9.78 Å². The summed E-state index contributed by atoms with van der Waals surface area (Å²) in [5.41, 5.74) is 4.05. The van der Waals surface area contributed by atoms with E-state index in [1.54, 1.807) is 18.3 Å². The largest absolute Gasteiger partial charge is 0.438 e. The van der Waals surface area contributed by atoms with Crippen LogP contribution in [0.5, 0.6) is 0 Å². The van der Waals surface area contributed by atoms with Gasteiger partial charge >= 0.3 is 0 Å². The average molecular weight is 404 g/mol. The lowest BCUT2D eigenvalue weighted by atomic mass is 10.1.